The van der Waals surface area contributed by atoms with Crippen LogP contribution >= 0.6 is 0 Å². The van der Waals surface area contributed by atoms with Crippen molar-refractivity contribution < 1.29 is 101 Å². The van der Waals surface area contributed by atoms with Crippen molar-refractivity contribution in [2.45, 2.75) is 118 Å². The maximum Gasteiger partial charge on any atom is 1.00 e. The van der Waals surface area contributed by atoms with Gasteiger partial charge in [0.1, 0.15) is 32.0 Å². The fraction of sp³-hybridized carbons (Fsp3) is 0.500. The van der Waals surface area contributed by atoms with E-state index in [4.69, 9.17) is 5.11 Å². The van der Waals surface area contributed by atoms with Gasteiger partial charge in [0.25, 0.3) is 0 Å². The van der Waals surface area contributed by atoms with E-state index in [9.17, 15) is 35.5 Å². The van der Waals surface area contributed by atoms with Crippen molar-refractivity contribution in [3.05, 3.63) is 77.4 Å². The van der Waals surface area contributed by atoms with E-state index >= 15 is 0 Å². The number of aliphatic carboxylic acids is 1. The summed E-state index contributed by atoms with van der Waals surface area (Å²) in [5.74, 6) is -0.835. The first-order valence-corrected chi connectivity index (χ1v) is 20.6. The molecule has 1 amide bonds. The van der Waals surface area contributed by atoms with Crippen LogP contribution in [0.15, 0.2) is 70.5 Å². The Balaban J connectivity index is 0.00000756. The maximum absolute atomic E-state index is 11.9. The van der Waals surface area contributed by atoms with Gasteiger partial charge in [-0.3, -0.25) is 14.5 Å². The molecule has 4 rings (SSSR count). The number of quaternary nitrogens is 1. The summed E-state index contributed by atoms with van der Waals surface area (Å²) in [6, 6.07) is 8.92. The fourth-order valence-corrected chi connectivity index (χ4v) is 8.75. The molecule has 2 aromatic rings. The summed E-state index contributed by atoms with van der Waals surface area (Å²) in [5.41, 5.74) is 2.26. The SMILES string of the molecule is CNC(=O)CCCCC[NH+]1c2ccc(S(=O)(=O)[O-])cc2C(C)(C)C1/C=C/C=C/C=[N+]1C(CCCCCC(=O)O)c2ccc(S(=O)(=O)[O-])cc2C1(C)C.[K+]. The van der Waals surface area contributed by atoms with Crippen molar-refractivity contribution >= 4 is 44.0 Å². The molecule has 0 aromatic heterocycles. The number of amides is 1. The normalized spacial score (nSPS) is 21.1. The number of rotatable bonds is 17. The average molecular weight is 797 g/mol. The molecular weight excluding hydrogens is 746 g/mol. The molecule has 0 saturated carbocycles. The first-order valence-electron chi connectivity index (χ1n) is 17.8. The van der Waals surface area contributed by atoms with Gasteiger partial charge >= 0.3 is 57.4 Å². The van der Waals surface area contributed by atoms with E-state index in [-0.39, 0.29) is 85.6 Å². The molecule has 0 aliphatic carbocycles. The Morgan fingerprint density at radius 2 is 1.45 bits per heavy atom. The number of allylic oxidation sites excluding steroid dienone is 3. The van der Waals surface area contributed by atoms with Crippen LogP contribution in [-0.2, 0) is 40.8 Å². The van der Waals surface area contributed by atoms with Crippen molar-refractivity contribution in [2.24, 2.45) is 0 Å². The van der Waals surface area contributed by atoms with Crippen LogP contribution < -0.4 is 61.6 Å². The molecule has 12 nitrogen and oxygen atoms in total. The van der Waals surface area contributed by atoms with Gasteiger partial charge in [-0.15, -0.1) is 0 Å². The van der Waals surface area contributed by atoms with Crippen LogP contribution in [-0.4, -0.2) is 73.3 Å². The van der Waals surface area contributed by atoms with Crippen molar-refractivity contribution in [3.8, 4) is 0 Å². The van der Waals surface area contributed by atoms with E-state index < -0.39 is 37.2 Å². The van der Waals surface area contributed by atoms with Gasteiger partial charge in [0.2, 0.25) is 5.91 Å². The molecule has 15 heteroatoms. The molecule has 3 atom stereocenters. The Hall–Kier alpha value is -2.05. The van der Waals surface area contributed by atoms with Gasteiger partial charge in [0.05, 0.1) is 21.8 Å². The number of carbonyl (C=O) groups is 2. The molecule has 2 heterocycles. The molecule has 0 radical (unpaired) electrons. The van der Waals surface area contributed by atoms with Crippen LogP contribution in [0.4, 0.5) is 5.69 Å². The first kappa shape index (κ1) is 45.3. The third-order valence-corrected chi connectivity index (χ3v) is 12.2. The second kappa shape index (κ2) is 18.7. The van der Waals surface area contributed by atoms with E-state index in [1.54, 1.807) is 19.2 Å². The van der Waals surface area contributed by atoms with Crippen LogP contribution in [0.1, 0.15) is 108 Å². The zero-order valence-corrected chi connectivity index (χ0v) is 36.3. The number of carbonyl (C=O) groups excluding carboxylic acids is 1. The molecule has 2 aromatic carbocycles. The summed E-state index contributed by atoms with van der Waals surface area (Å²) >= 11 is 0. The molecule has 3 unspecified atom stereocenters. The summed E-state index contributed by atoms with van der Waals surface area (Å²) < 4.78 is 73.5. The molecule has 0 fully saturated rings. The van der Waals surface area contributed by atoms with Gasteiger partial charge in [-0.05, 0) is 76.3 Å². The van der Waals surface area contributed by atoms with Gasteiger partial charge in [0.15, 0.2) is 17.8 Å². The molecule has 2 aliphatic heterocycles. The number of benzene rings is 2. The van der Waals surface area contributed by atoms with E-state index in [2.05, 4.69) is 16.0 Å². The second-order valence-corrected chi connectivity index (χ2v) is 17.5. The van der Waals surface area contributed by atoms with Crippen molar-refractivity contribution in [2.75, 3.05) is 13.6 Å². The molecule has 284 valence electrons. The summed E-state index contributed by atoms with van der Waals surface area (Å²) in [4.78, 5) is 23.3. The van der Waals surface area contributed by atoms with Gasteiger partial charge in [-0.25, -0.2) is 21.4 Å². The van der Waals surface area contributed by atoms with E-state index in [1.807, 2.05) is 52.1 Å². The van der Waals surface area contributed by atoms with Crippen molar-refractivity contribution in [1.29, 1.82) is 0 Å². The largest absolute Gasteiger partial charge is 1.00 e. The van der Waals surface area contributed by atoms with E-state index in [0.29, 0.717) is 19.3 Å². The predicted octanol–water partition coefficient (Wildman–Crippen LogP) is 1.20. The van der Waals surface area contributed by atoms with Crippen LogP contribution in [0.5, 0.6) is 0 Å². The maximum atomic E-state index is 11.9. The standard InChI is InChI=1S/C38H51N3O9S2.K/c1-37(2)31-26-28(52(48,49)50)20-22-33(31)40(23-13-8-11-17-35(42)39-5)34(37)16-10-7-14-24-41-32(15-9-6-12-18-36(43)44)29-21-19-27(51(45,46)47)25-30(29)38(41,3)4;/h7,10,14,16,19-22,24-26,32,34H,6,8-9,11-13,15,17-18,23H2,1-5H3,(H3-,39,42,43,44,45,46,47,48,49,50);/q;+1/b14-7+,16-10+,41-24?;. The van der Waals surface area contributed by atoms with Gasteiger partial charge in [0, 0.05) is 69.0 Å². The number of nitrogens with one attached hydrogen (secondary N) is 2. The Kier molecular flexibility index (Phi) is 16.0. The minimum absolute atomic E-state index is 0. The molecular formula is C38H51KN3O9S2+. The van der Waals surface area contributed by atoms with Crippen LogP contribution in [0, 0.1) is 0 Å². The summed E-state index contributed by atoms with van der Waals surface area (Å²) in [5, 5.41) is 11.7. The van der Waals surface area contributed by atoms with Crippen molar-refractivity contribution in [3.63, 3.8) is 0 Å². The zero-order valence-electron chi connectivity index (χ0n) is 31.6. The smallest absolute Gasteiger partial charge is 0.744 e. The molecule has 53 heavy (non-hydrogen) atoms. The summed E-state index contributed by atoms with van der Waals surface area (Å²) in [7, 11) is -7.67. The monoisotopic (exact) mass is 796 g/mol. The quantitative estimate of drug-likeness (QED) is 0.0696. The van der Waals surface area contributed by atoms with Crippen LogP contribution in [0.25, 0.3) is 0 Å². The van der Waals surface area contributed by atoms with Crippen LogP contribution in [0.3, 0.4) is 0 Å². The molecule has 2 aliphatic rings. The van der Waals surface area contributed by atoms with Gasteiger partial charge in [-0.1, -0.05) is 24.6 Å². The first-order chi connectivity index (χ1) is 24.3. The van der Waals surface area contributed by atoms with Crippen molar-refractivity contribution in [1.82, 2.24) is 5.32 Å². The number of fused-ring (bicyclic) bond motifs is 2. The third-order valence-electron chi connectivity index (χ3n) is 10.6. The minimum atomic E-state index is -4.65. The number of carboxylic acid groups (broad SMARTS) is 1. The minimum Gasteiger partial charge on any atom is -0.744 e. The molecule has 3 N–H and O–H groups in total. The summed E-state index contributed by atoms with van der Waals surface area (Å²) in [6.45, 7) is 8.77. The molecule has 0 saturated heterocycles. The van der Waals surface area contributed by atoms with E-state index in [0.717, 1.165) is 65.9 Å². The van der Waals surface area contributed by atoms with Gasteiger partial charge in [-0.2, -0.15) is 0 Å². The van der Waals surface area contributed by atoms with Crippen LogP contribution in [0.2, 0.25) is 0 Å². The fourth-order valence-electron chi connectivity index (χ4n) is 7.76. The second-order valence-electron chi connectivity index (χ2n) is 14.7. The Labute approximate surface area is 356 Å². The number of hydrogen-bond donors (Lipinski definition) is 3. The molecule has 0 bridgehead atoms. The van der Waals surface area contributed by atoms with E-state index in [1.165, 1.54) is 24.3 Å². The Morgan fingerprint density at radius 1 is 0.849 bits per heavy atom. The Bertz CT molecular complexity index is 1970. The zero-order chi connectivity index (χ0) is 38.5. The number of carboxylic acids is 1. The Morgan fingerprint density at radius 3 is 2.08 bits per heavy atom. The topological polar surface area (TPSA) is 188 Å². The summed E-state index contributed by atoms with van der Waals surface area (Å²) in [6.07, 6.45) is 15.6. The number of nitrogens with zero attached hydrogens (tertiary/aromatic N) is 1. The average Bonchev–Trinajstić information content (AvgIpc) is 3.40. The van der Waals surface area contributed by atoms with Gasteiger partial charge < -0.3 is 19.5 Å². The number of hydrogen-bond acceptors (Lipinski definition) is 8. The predicted molar refractivity (Wildman–Crippen MR) is 195 cm³/mol. The number of unbranched alkanes of at least 4 members (excludes halogenated alkanes) is 4. The molecule has 0 spiro atoms. The third kappa shape index (κ3) is 11.0.